The van der Waals surface area contributed by atoms with Gasteiger partial charge in [0.1, 0.15) is 10.6 Å². The number of aromatic nitrogens is 1. The smallest absolute Gasteiger partial charge is 0.258 e. The first-order valence-electron chi connectivity index (χ1n) is 6.06. The summed E-state index contributed by atoms with van der Waals surface area (Å²) in [5, 5.41) is 7.14. The Labute approximate surface area is 104 Å². The van der Waals surface area contributed by atoms with Gasteiger partial charge in [-0.25, -0.2) is 0 Å². The van der Waals surface area contributed by atoms with E-state index in [9.17, 15) is 4.79 Å². The lowest BCUT2D eigenvalue weighted by atomic mass is 9.93. The number of carbonyl (C=O) groups is 1. The second kappa shape index (κ2) is 4.18. The van der Waals surface area contributed by atoms with Crippen LogP contribution in [0.4, 0.5) is 10.8 Å². The molecule has 0 radical (unpaired) electrons. The highest BCUT2D eigenvalue weighted by Gasteiger charge is 2.28. The van der Waals surface area contributed by atoms with Crippen molar-refractivity contribution in [3.05, 3.63) is 5.56 Å². The molecule has 3 rings (SSSR count). The number of hydrogen-bond acceptors (Lipinski definition) is 5. The molecule has 1 aromatic rings. The van der Waals surface area contributed by atoms with E-state index >= 15 is 0 Å². The molecule has 5 nitrogen and oxygen atoms in total. The van der Waals surface area contributed by atoms with Crippen molar-refractivity contribution in [2.24, 2.45) is 0 Å². The quantitative estimate of drug-likeness (QED) is 0.760. The molecule has 6 heteroatoms. The summed E-state index contributed by atoms with van der Waals surface area (Å²) in [6.45, 7) is 0. The third-order valence-electron chi connectivity index (χ3n) is 3.30. The van der Waals surface area contributed by atoms with Crippen LogP contribution in [0.25, 0.3) is 0 Å². The number of amides is 1. The van der Waals surface area contributed by atoms with Gasteiger partial charge in [0.25, 0.3) is 5.91 Å². The summed E-state index contributed by atoms with van der Waals surface area (Å²) < 4.78 is 4.07. The third-order valence-corrected chi connectivity index (χ3v) is 4.09. The summed E-state index contributed by atoms with van der Waals surface area (Å²) in [7, 11) is 0. The minimum atomic E-state index is -0.0828. The number of hydrogen-bond donors (Lipinski definition) is 3. The molecule has 1 heterocycles. The van der Waals surface area contributed by atoms with Crippen molar-refractivity contribution in [1.29, 1.82) is 0 Å². The lowest BCUT2D eigenvalue weighted by Gasteiger charge is -2.26. The Bertz CT molecular complexity index is 437. The number of rotatable bonds is 4. The minimum absolute atomic E-state index is 0.0828. The Morgan fingerprint density at radius 1 is 1.29 bits per heavy atom. The predicted molar refractivity (Wildman–Crippen MR) is 68.3 cm³/mol. The van der Waals surface area contributed by atoms with Gasteiger partial charge in [-0.2, -0.15) is 4.37 Å². The number of nitrogens with two attached hydrogens (primary N) is 1. The molecule has 0 atom stereocenters. The van der Waals surface area contributed by atoms with Crippen molar-refractivity contribution in [2.45, 2.75) is 44.2 Å². The number of carbonyl (C=O) groups excluding carboxylic acids is 1. The van der Waals surface area contributed by atoms with Crippen LogP contribution in [-0.4, -0.2) is 22.4 Å². The van der Waals surface area contributed by atoms with E-state index in [1.807, 2.05) is 0 Å². The lowest BCUT2D eigenvalue weighted by molar-refractivity contribution is 0.0953. The van der Waals surface area contributed by atoms with E-state index in [0.29, 0.717) is 23.5 Å². The van der Waals surface area contributed by atoms with Crippen molar-refractivity contribution in [3.63, 3.8) is 0 Å². The fourth-order valence-electron chi connectivity index (χ4n) is 1.84. The van der Waals surface area contributed by atoms with E-state index in [1.165, 1.54) is 30.8 Å². The molecule has 0 aromatic carbocycles. The van der Waals surface area contributed by atoms with E-state index in [1.54, 1.807) is 0 Å². The SMILES string of the molecule is Nc1nsc(NC2CCC2)c1C(=O)NC1CC1. The minimum Gasteiger partial charge on any atom is -0.382 e. The Kier molecular flexibility index (Phi) is 2.66. The highest BCUT2D eigenvalue weighted by atomic mass is 32.1. The van der Waals surface area contributed by atoms with E-state index in [0.717, 1.165) is 17.8 Å². The first kappa shape index (κ1) is 10.8. The molecule has 0 unspecified atom stereocenters. The van der Waals surface area contributed by atoms with Gasteiger partial charge < -0.3 is 16.4 Å². The maximum absolute atomic E-state index is 12.0. The Morgan fingerprint density at radius 3 is 2.65 bits per heavy atom. The largest absolute Gasteiger partial charge is 0.382 e. The van der Waals surface area contributed by atoms with Crippen molar-refractivity contribution in [2.75, 3.05) is 11.1 Å². The number of anilines is 2. The third kappa shape index (κ3) is 2.22. The molecule has 0 spiro atoms. The molecule has 1 amide bonds. The van der Waals surface area contributed by atoms with Crippen molar-refractivity contribution < 1.29 is 4.79 Å². The summed E-state index contributed by atoms with van der Waals surface area (Å²) in [6, 6.07) is 0.834. The van der Waals surface area contributed by atoms with Crippen molar-refractivity contribution >= 4 is 28.3 Å². The van der Waals surface area contributed by atoms with Gasteiger partial charge in [-0.1, -0.05) is 0 Å². The average molecular weight is 252 g/mol. The van der Waals surface area contributed by atoms with Gasteiger partial charge in [-0.15, -0.1) is 0 Å². The van der Waals surface area contributed by atoms with Crippen LogP contribution in [0, 0.1) is 0 Å². The fraction of sp³-hybridized carbons (Fsp3) is 0.636. The standard InChI is InChI=1S/C11H16N4OS/c12-9-8(10(16)13-7-4-5-7)11(17-15-9)14-6-2-1-3-6/h6-7,14H,1-5H2,(H2,12,15)(H,13,16). The first-order valence-corrected chi connectivity index (χ1v) is 6.84. The van der Waals surface area contributed by atoms with E-state index < -0.39 is 0 Å². The van der Waals surface area contributed by atoms with Gasteiger partial charge in [-0.3, -0.25) is 4.79 Å². The Balaban J connectivity index is 1.75. The van der Waals surface area contributed by atoms with Crippen LogP contribution in [0.3, 0.4) is 0 Å². The molecular formula is C11H16N4OS. The fourth-order valence-corrected chi connectivity index (χ4v) is 2.63. The van der Waals surface area contributed by atoms with Gasteiger partial charge in [-0.05, 0) is 43.6 Å². The average Bonchev–Trinajstić information content (AvgIpc) is 2.95. The van der Waals surface area contributed by atoms with E-state index in [2.05, 4.69) is 15.0 Å². The van der Waals surface area contributed by atoms with E-state index in [4.69, 9.17) is 5.73 Å². The molecule has 2 aliphatic carbocycles. The second-order valence-electron chi connectivity index (χ2n) is 4.79. The molecule has 0 saturated heterocycles. The number of nitrogens with zero attached hydrogens (tertiary/aromatic N) is 1. The van der Waals surface area contributed by atoms with Crippen LogP contribution in [0.1, 0.15) is 42.5 Å². The lowest BCUT2D eigenvalue weighted by Crippen LogP contribution is -2.30. The summed E-state index contributed by atoms with van der Waals surface area (Å²) in [5.74, 6) is 0.260. The first-order chi connectivity index (χ1) is 8.24. The number of nitrogen functional groups attached to an aromatic ring is 1. The molecule has 17 heavy (non-hydrogen) atoms. The molecule has 2 fully saturated rings. The summed E-state index contributed by atoms with van der Waals surface area (Å²) >= 11 is 1.28. The van der Waals surface area contributed by atoms with Crippen LogP contribution < -0.4 is 16.4 Å². The van der Waals surface area contributed by atoms with Gasteiger partial charge in [0.05, 0.1) is 0 Å². The normalized spacial score (nSPS) is 19.8. The van der Waals surface area contributed by atoms with Crippen LogP contribution in [-0.2, 0) is 0 Å². The molecule has 4 N–H and O–H groups in total. The summed E-state index contributed by atoms with van der Waals surface area (Å²) in [6.07, 6.45) is 5.75. The van der Waals surface area contributed by atoms with Gasteiger partial charge in [0.15, 0.2) is 5.82 Å². The van der Waals surface area contributed by atoms with Crippen LogP contribution in [0.15, 0.2) is 0 Å². The van der Waals surface area contributed by atoms with Crippen LogP contribution in [0.2, 0.25) is 0 Å². The highest BCUT2D eigenvalue weighted by Crippen LogP contribution is 2.32. The van der Waals surface area contributed by atoms with Crippen LogP contribution in [0.5, 0.6) is 0 Å². The highest BCUT2D eigenvalue weighted by molar-refractivity contribution is 7.11. The maximum Gasteiger partial charge on any atom is 0.258 e. The Morgan fingerprint density at radius 2 is 2.06 bits per heavy atom. The molecule has 2 aliphatic rings. The molecule has 92 valence electrons. The molecule has 1 aromatic heterocycles. The van der Waals surface area contributed by atoms with Crippen molar-refractivity contribution in [3.8, 4) is 0 Å². The predicted octanol–water partition coefficient (Wildman–Crippen LogP) is 1.58. The molecule has 2 saturated carbocycles. The van der Waals surface area contributed by atoms with Gasteiger partial charge in [0, 0.05) is 12.1 Å². The molecule has 0 bridgehead atoms. The topological polar surface area (TPSA) is 80.0 Å². The zero-order valence-corrected chi connectivity index (χ0v) is 10.3. The molecular weight excluding hydrogens is 236 g/mol. The van der Waals surface area contributed by atoms with Gasteiger partial charge >= 0.3 is 0 Å². The van der Waals surface area contributed by atoms with Crippen LogP contribution >= 0.6 is 11.5 Å². The van der Waals surface area contributed by atoms with Crippen molar-refractivity contribution in [1.82, 2.24) is 9.69 Å². The number of nitrogens with one attached hydrogen (secondary N) is 2. The second-order valence-corrected chi connectivity index (χ2v) is 5.57. The Hall–Kier alpha value is -1.30. The summed E-state index contributed by atoms with van der Waals surface area (Å²) in [4.78, 5) is 12.0. The summed E-state index contributed by atoms with van der Waals surface area (Å²) in [5.41, 5.74) is 6.31. The zero-order valence-electron chi connectivity index (χ0n) is 9.53. The maximum atomic E-state index is 12.0. The van der Waals surface area contributed by atoms with Gasteiger partial charge in [0.2, 0.25) is 0 Å². The van der Waals surface area contributed by atoms with E-state index in [-0.39, 0.29) is 5.91 Å². The monoisotopic (exact) mass is 252 g/mol. The molecule has 0 aliphatic heterocycles. The zero-order chi connectivity index (χ0) is 11.8.